The highest BCUT2D eigenvalue weighted by Gasteiger charge is 2.20. The summed E-state index contributed by atoms with van der Waals surface area (Å²) in [4.78, 5) is 31.6. The molecule has 186 valence electrons. The Morgan fingerprint density at radius 3 is 2.50 bits per heavy atom. The van der Waals surface area contributed by atoms with Gasteiger partial charge in [0.25, 0.3) is 5.91 Å². The van der Waals surface area contributed by atoms with Gasteiger partial charge in [-0.1, -0.05) is 42.1 Å². The van der Waals surface area contributed by atoms with Crippen LogP contribution in [0, 0.1) is 0 Å². The van der Waals surface area contributed by atoms with E-state index in [1.807, 2.05) is 30.3 Å². The number of amides is 1. The first-order valence-electron chi connectivity index (χ1n) is 11.3. The molecule has 10 heteroatoms. The standard InChI is InChI=1S/C26H25N3O5S2/c1-2-34-25(30)14-12-21-20-5-3-4-6-23(20)35-24-13-9-18(15-22(24)29-21)26(31)28-16-17-7-10-19(11-8-17)36(27,32)33/h3-11,13,15H,2,12,14,16H2,1H3,(H,28,31)(H2,27,32,33). The highest BCUT2D eigenvalue weighted by molar-refractivity contribution is 7.99. The Morgan fingerprint density at radius 2 is 1.78 bits per heavy atom. The number of carbonyl (C=O) groups excluding carboxylic acids is 2. The molecule has 0 atom stereocenters. The van der Waals surface area contributed by atoms with Crippen LogP contribution in [0.1, 0.15) is 41.3 Å². The maximum Gasteiger partial charge on any atom is 0.306 e. The van der Waals surface area contributed by atoms with Gasteiger partial charge in [-0.05, 0) is 48.9 Å². The van der Waals surface area contributed by atoms with Crippen molar-refractivity contribution in [3.8, 4) is 0 Å². The summed E-state index contributed by atoms with van der Waals surface area (Å²) in [5.41, 5.74) is 3.54. The Morgan fingerprint density at radius 1 is 1.03 bits per heavy atom. The molecular formula is C26H25N3O5S2. The van der Waals surface area contributed by atoms with Crippen LogP contribution < -0.4 is 10.5 Å². The number of hydrogen-bond acceptors (Lipinski definition) is 7. The lowest BCUT2D eigenvalue weighted by Crippen LogP contribution is -2.22. The van der Waals surface area contributed by atoms with Gasteiger partial charge in [-0.15, -0.1) is 0 Å². The summed E-state index contributed by atoms with van der Waals surface area (Å²) in [5, 5.41) is 7.97. The predicted octanol–water partition coefficient (Wildman–Crippen LogP) is 4.19. The zero-order chi connectivity index (χ0) is 25.7. The molecule has 0 saturated carbocycles. The Labute approximate surface area is 214 Å². The highest BCUT2D eigenvalue weighted by atomic mass is 32.2. The summed E-state index contributed by atoms with van der Waals surface area (Å²) >= 11 is 1.56. The minimum Gasteiger partial charge on any atom is -0.466 e. The van der Waals surface area contributed by atoms with E-state index in [0.29, 0.717) is 24.3 Å². The molecule has 0 radical (unpaired) electrons. The fourth-order valence-corrected chi connectivity index (χ4v) is 5.22. The van der Waals surface area contributed by atoms with E-state index >= 15 is 0 Å². The van der Waals surface area contributed by atoms with Crippen LogP contribution in [-0.4, -0.2) is 32.6 Å². The average Bonchev–Trinajstić information content (AvgIpc) is 3.02. The molecule has 0 spiro atoms. The van der Waals surface area contributed by atoms with Crippen LogP contribution in [0.25, 0.3) is 0 Å². The summed E-state index contributed by atoms with van der Waals surface area (Å²) in [6.45, 7) is 2.32. The van der Waals surface area contributed by atoms with Crippen LogP contribution in [0.4, 0.5) is 5.69 Å². The zero-order valence-corrected chi connectivity index (χ0v) is 21.2. The van der Waals surface area contributed by atoms with Crippen molar-refractivity contribution < 1.29 is 22.7 Å². The van der Waals surface area contributed by atoms with Gasteiger partial charge >= 0.3 is 5.97 Å². The van der Waals surface area contributed by atoms with Gasteiger partial charge < -0.3 is 10.1 Å². The lowest BCUT2D eigenvalue weighted by molar-refractivity contribution is -0.142. The van der Waals surface area contributed by atoms with Crippen LogP contribution in [0.3, 0.4) is 0 Å². The minimum atomic E-state index is -3.77. The number of fused-ring (bicyclic) bond motifs is 2. The Bertz CT molecular complexity index is 1430. The molecule has 36 heavy (non-hydrogen) atoms. The second-order valence-corrected chi connectivity index (χ2v) is 10.7. The summed E-state index contributed by atoms with van der Waals surface area (Å²) in [6.07, 6.45) is 0.631. The lowest BCUT2D eigenvalue weighted by Gasteiger charge is -2.09. The van der Waals surface area contributed by atoms with Crippen LogP contribution in [-0.2, 0) is 26.1 Å². The topological polar surface area (TPSA) is 128 Å². The first kappa shape index (κ1) is 25.6. The van der Waals surface area contributed by atoms with E-state index in [-0.39, 0.29) is 29.7 Å². The minimum absolute atomic E-state index is 0.0125. The zero-order valence-electron chi connectivity index (χ0n) is 19.6. The van der Waals surface area contributed by atoms with Crippen molar-refractivity contribution in [2.24, 2.45) is 10.1 Å². The molecule has 1 aliphatic rings. The maximum absolute atomic E-state index is 12.9. The molecule has 0 unspecified atom stereocenters. The van der Waals surface area contributed by atoms with Crippen LogP contribution in [0.15, 0.2) is 86.4 Å². The molecule has 0 saturated heterocycles. The molecule has 3 aromatic rings. The number of esters is 1. The summed E-state index contributed by atoms with van der Waals surface area (Å²) in [5.74, 6) is -0.566. The first-order valence-corrected chi connectivity index (χ1v) is 13.7. The van der Waals surface area contributed by atoms with E-state index in [4.69, 9.17) is 14.9 Å². The van der Waals surface area contributed by atoms with Gasteiger partial charge in [0.15, 0.2) is 0 Å². The van der Waals surface area contributed by atoms with E-state index in [1.165, 1.54) is 12.1 Å². The number of rotatable bonds is 8. The molecule has 8 nitrogen and oxygen atoms in total. The average molecular weight is 524 g/mol. The largest absolute Gasteiger partial charge is 0.466 e. The van der Waals surface area contributed by atoms with Gasteiger partial charge in [-0.2, -0.15) is 0 Å². The van der Waals surface area contributed by atoms with Gasteiger partial charge in [-0.3, -0.25) is 14.6 Å². The normalized spacial score (nSPS) is 12.6. The number of ether oxygens (including phenoxy) is 1. The van der Waals surface area contributed by atoms with E-state index < -0.39 is 10.0 Å². The van der Waals surface area contributed by atoms with Gasteiger partial charge in [0.1, 0.15) is 0 Å². The van der Waals surface area contributed by atoms with Crippen molar-refractivity contribution >= 4 is 45.1 Å². The number of hydrogen-bond donors (Lipinski definition) is 2. The third kappa shape index (κ3) is 6.20. The quantitative estimate of drug-likeness (QED) is 0.426. The molecule has 0 bridgehead atoms. The monoisotopic (exact) mass is 523 g/mol. The van der Waals surface area contributed by atoms with Crippen LogP contribution in [0.2, 0.25) is 0 Å². The number of nitrogens with two attached hydrogens (primary N) is 1. The fraction of sp³-hybridized carbons (Fsp3) is 0.192. The number of carbonyl (C=O) groups is 2. The van der Waals surface area contributed by atoms with E-state index in [0.717, 1.165) is 26.6 Å². The second kappa shape index (κ2) is 11.1. The van der Waals surface area contributed by atoms with Gasteiger partial charge in [0, 0.05) is 33.9 Å². The fourth-order valence-electron chi connectivity index (χ4n) is 3.68. The van der Waals surface area contributed by atoms with E-state index in [1.54, 1.807) is 43.0 Å². The van der Waals surface area contributed by atoms with Crippen molar-refractivity contribution in [1.29, 1.82) is 0 Å². The number of nitrogens with one attached hydrogen (secondary N) is 1. The first-order chi connectivity index (χ1) is 17.2. The molecule has 0 aromatic heterocycles. The number of primary sulfonamides is 1. The molecule has 1 aliphatic heterocycles. The molecular weight excluding hydrogens is 498 g/mol. The Balaban J connectivity index is 1.54. The highest BCUT2D eigenvalue weighted by Crippen LogP contribution is 2.41. The maximum atomic E-state index is 12.9. The molecule has 1 amide bonds. The number of sulfonamides is 1. The van der Waals surface area contributed by atoms with Crippen molar-refractivity contribution in [3.05, 3.63) is 83.4 Å². The number of aliphatic imine (C=N–C) groups is 1. The number of benzene rings is 3. The van der Waals surface area contributed by atoms with Crippen molar-refractivity contribution in [2.45, 2.75) is 41.0 Å². The number of nitrogens with zero attached hydrogens (tertiary/aromatic N) is 1. The Hall–Kier alpha value is -3.47. The van der Waals surface area contributed by atoms with Gasteiger partial charge in [0.2, 0.25) is 10.0 Å². The van der Waals surface area contributed by atoms with Crippen LogP contribution in [0.5, 0.6) is 0 Å². The predicted molar refractivity (Wildman–Crippen MR) is 138 cm³/mol. The molecule has 3 aromatic carbocycles. The third-order valence-corrected chi connectivity index (χ3v) is 7.54. The van der Waals surface area contributed by atoms with Gasteiger partial charge in [-0.25, -0.2) is 13.6 Å². The van der Waals surface area contributed by atoms with Crippen molar-refractivity contribution in [2.75, 3.05) is 6.61 Å². The summed E-state index contributed by atoms with van der Waals surface area (Å²) < 4.78 is 27.9. The summed E-state index contributed by atoms with van der Waals surface area (Å²) in [6, 6.07) is 19.2. The Kier molecular flexibility index (Phi) is 7.88. The van der Waals surface area contributed by atoms with Gasteiger partial charge in [0.05, 0.1) is 29.3 Å². The third-order valence-electron chi connectivity index (χ3n) is 5.47. The molecule has 3 N–H and O–H groups in total. The second-order valence-electron chi connectivity index (χ2n) is 8.02. The molecule has 1 heterocycles. The molecule has 0 aliphatic carbocycles. The lowest BCUT2D eigenvalue weighted by atomic mass is 10.1. The van der Waals surface area contributed by atoms with E-state index in [9.17, 15) is 18.0 Å². The molecule has 0 fully saturated rings. The SMILES string of the molecule is CCOC(=O)CCC1=Nc2cc(C(=O)NCc3ccc(S(N)(=O)=O)cc3)ccc2Sc2ccccc21. The van der Waals surface area contributed by atoms with Crippen LogP contribution >= 0.6 is 11.8 Å². The molecule has 4 rings (SSSR count). The van der Waals surface area contributed by atoms with Crippen molar-refractivity contribution in [1.82, 2.24) is 5.32 Å². The van der Waals surface area contributed by atoms with Crippen molar-refractivity contribution in [3.63, 3.8) is 0 Å². The summed E-state index contributed by atoms with van der Waals surface area (Å²) in [7, 11) is -3.77. The smallest absolute Gasteiger partial charge is 0.306 e. The van der Waals surface area contributed by atoms with E-state index in [2.05, 4.69) is 5.32 Å².